The van der Waals surface area contributed by atoms with Gasteiger partial charge >= 0.3 is 5.97 Å². The van der Waals surface area contributed by atoms with E-state index >= 15 is 0 Å². The summed E-state index contributed by atoms with van der Waals surface area (Å²) in [4.78, 5) is 25.3. The summed E-state index contributed by atoms with van der Waals surface area (Å²) in [6, 6.07) is 0. The maximum absolute atomic E-state index is 11.9. The van der Waals surface area contributed by atoms with E-state index in [1.165, 1.54) is 11.8 Å². The first-order valence-electron chi connectivity index (χ1n) is 6.34. The van der Waals surface area contributed by atoms with Crippen LogP contribution in [0.15, 0.2) is 0 Å². The van der Waals surface area contributed by atoms with Gasteiger partial charge in [-0.25, -0.2) is 9.48 Å². The highest BCUT2D eigenvalue weighted by Gasteiger charge is 2.26. The van der Waals surface area contributed by atoms with E-state index in [0.717, 1.165) is 19.5 Å². The van der Waals surface area contributed by atoms with Crippen molar-refractivity contribution in [1.82, 2.24) is 19.9 Å². The van der Waals surface area contributed by atoms with Crippen molar-refractivity contribution in [2.45, 2.75) is 32.7 Å². The Morgan fingerprint density at radius 3 is 2.53 bits per heavy atom. The van der Waals surface area contributed by atoms with Gasteiger partial charge in [-0.3, -0.25) is 4.79 Å². The van der Waals surface area contributed by atoms with E-state index in [2.05, 4.69) is 15.0 Å². The Hall–Kier alpha value is -1.92. The van der Waals surface area contributed by atoms with Crippen LogP contribution in [0.2, 0.25) is 0 Å². The Morgan fingerprint density at radius 2 is 2.05 bits per heavy atom. The molecule has 0 bridgehead atoms. The summed E-state index contributed by atoms with van der Waals surface area (Å²) in [6.07, 6.45) is 1.05. The van der Waals surface area contributed by atoms with Crippen molar-refractivity contribution in [2.24, 2.45) is 0 Å². The molecule has 0 aliphatic carbocycles. The van der Waals surface area contributed by atoms with Gasteiger partial charge in [0.05, 0.1) is 12.8 Å². The van der Waals surface area contributed by atoms with Crippen molar-refractivity contribution in [3.05, 3.63) is 11.4 Å². The monoisotopic (exact) mass is 266 g/mol. The fourth-order valence-corrected chi connectivity index (χ4v) is 2.04. The summed E-state index contributed by atoms with van der Waals surface area (Å²) < 4.78 is 6.17. The first kappa shape index (κ1) is 13.5. The molecule has 1 aromatic heterocycles. The third-order valence-corrected chi connectivity index (χ3v) is 3.19. The van der Waals surface area contributed by atoms with E-state index in [-0.39, 0.29) is 24.1 Å². The van der Waals surface area contributed by atoms with E-state index in [0.29, 0.717) is 5.69 Å². The van der Waals surface area contributed by atoms with E-state index in [1.54, 1.807) is 4.90 Å². The second kappa shape index (κ2) is 5.38. The van der Waals surface area contributed by atoms with Crippen LogP contribution in [0.25, 0.3) is 0 Å². The SMILES string of the molecule is COC(=O)c1nnn(CC(=O)N2CCC2)c1C(C)C. The number of hydrogen-bond donors (Lipinski definition) is 0. The smallest absolute Gasteiger partial charge is 0.360 e. The van der Waals surface area contributed by atoms with Crippen molar-refractivity contribution in [3.63, 3.8) is 0 Å². The van der Waals surface area contributed by atoms with E-state index in [4.69, 9.17) is 0 Å². The number of amides is 1. The number of hydrogen-bond acceptors (Lipinski definition) is 5. The lowest BCUT2D eigenvalue weighted by molar-refractivity contribution is -0.135. The van der Waals surface area contributed by atoms with Crippen molar-refractivity contribution in [1.29, 1.82) is 0 Å². The molecule has 2 rings (SSSR count). The number of rotatable bonds is 4. The third-order valence-electron chi connectivity index (χ3n) is 3.19. The van der Waals surface area contributed by atoms with Crippen LogP contribution < -0.4 is 0 Å². The molecule has 0 N–H and O–H groups in total. The van der Waals surface area contributed by atoms with Gasteiger partial charge in [0.1, 0.15) is 6.54 Å². The molecule has 1 aliphatic heterocycles. The number of carbonyl (C=O) groups is 2. The fourth-order valence-electron chi connectivity index (χ4n) is 2.04. The van der Waals surface area contributed by atoms with Gasteiger partial charge in [-0.1, -0.05) is 19.1 Å². The highest BCUT2D eigenvalue weighted by atomic mass is 16.5. The van der Waals surface area contributed by atoms with E-state index < -0.39 is 5.97 Å². The Bertz CT molecular complexity index is 491. The molecule has 19 heavy (non-hydrogen) atoms. The van der Waals surface area contributed by atoms with Crippen LogP contribution >= 0.6 is 0 Å². The zero-order valence-electron chi connectivity index (χ0n) is 11.4. The Kier molecular flexibility index (Phi) is 3.82. The molecule has 0 radical (unpaired) electrons. The predicted molar refractivity (Wildman–Crippen MR) is 66.6 cm³/mol. The largest absolute Gasteiger partial charge is 0.464 e. The van der Waals surface area contributed by atoms with Crippen molar-refractivity contribution < 1.29 is 14.3 Å². The lowest BCUT2D eigenvalue weighted by Gasteiger charge is -2.31. The van der Waals surface area contributed by atoms with Crippen molar-refractivity contribution in [3.8, 4) is 0 Å². The first-order chi connectivity index (χ1) is 9.04. The summed E-state index contributed by atoms with van der Waals surface area (Å²) in [7, 11) is 1.30. The number of ether oxygens (including phenoxy) is 1. The van der Waals surface area contributed by atoms with Crippen LogP contribution in [0.4, 0.5) is 0 Å². The van der Waals surface area contributed by atoms with E-state index in [1.807, 2.05) is 13.8 Å². The van der Waals surface area contributed by atoms with Crippen LogP contribution in [0.1, 0.15) is 42.4 Å². The molecule has 1 aromatic rings. The van der Waals surface area contributed by atoms with Crippen LogP contribution in [-0.2, 0) is 16.1 Å². The summed E-state index contributed by atoms with van der Waals surface area (Å²) in [6.45, 7) is 5.58. The van der Waals surface area contributed by atoms with Gasteiger partial charge in [0.25, 0.3) is 0 Å². The predicted octanol–water partition coefficient (Wildman–Crippen LogP) is 0.420. The summed E-state index contributed by atoms with van der Waals surface area (Å²) in [5.74, 6) is -0.478. The number of likely N-dealkylation sites (tertiary alicyclic amines) is 1. The molecule has 0 unspecified atom stereocenters. The molecule has 0 aromatic carbocycles. The summed E-state index contributed by atoms with van der Waals surface area (Å²) in [5, 5.41) is 7.74. The Morgan fingerprint density at radius 1 is 1.37 bits per heavy atom. The molecule has 1 fully saturated rings. The van der Waals surface area contributed by atoms with Gasteiger partial charge in [-0.2, -0.15) is 0 Å². The molecular weight excluding hydrogens is 248 g/mol. The first-order valence-corrected chi connectivity index (χ1v) is 6.34. The molecule has 0 atom stereocenters. The number of nitrogens with zero attached hydrogens (tertiary/aromatic N) is 4. The molecule has 7 heteroatoms. The summed E-state index contributed by atoms with van der Waals surface area (Å²) in [5.41, 5.74) is 0.828. The minimum absolute atomic E-state index is 0.00876. The lowest BCUT2D eigenvalue weighted by Crippen LogP contribution is -2.44. The second-order valence-corrected chi connectivity index (χ2v) is 4.86. The Labute approximate surface area is 111 Å². The molecule has 2 heterocycles. The van der Waals surface area contributed by atoms with Gasteiger partial charge in [0.2, 0.25) is 5.91 Å². The van der Waals surface area contributed by atoms with Crippen LogP contribution in [-0.4, -0.2) is 52.0 Å². The van der Waals surface area contributed by atoms with E-state index in [9.17, 15) is 9.59 Å². The fraction of sp³-hybridized carbons (Fsp3) is 0.667. The minimum Gasteiger partial charge on any atom is -0.464 e. The van der Waals surface area contributed by atoms with Gasteiger partial charge < -0.3 is 9.64 Å². The average Bonchev–Trinajstić information content (AvgIpc) is 2.69. The standard InChI is InChI=1S/C12H18N4O3/c1-8(2)11-10(12(18)19-3)13-14-16(11)7-9(17)15-5-4-6-15/h8H,4-7H2,1-3H3. The lowest BCUT2D eigenvalue weighted by atomic mass is 10.1. The Balaban J connectivity index is 2.22. The average molecular weight is 266 g/mol. The molecule has 0 saturated carbocycles. The number of esters is 1. The minimum atomic E-state index is -0.522. The maximum atomic E-state index is 11.9. The molecule has 0 spiro atoms. The normalized spacial score (nSPS) is 14.4. The molecule has 1 aliphatic rings. The van der Waals surface area contributed by atoms with Gasteiger partial charge in [0.15, 0.2) is 5.69 Å². The highest BCUT2D eigenvalue weighted by molar-refractivity contribution is 5.88. The van der Waals surface area contributed by atoms with Crippen LogP contribution in [0.3, 0.4) is 0 Å². The highest BCUT2D eigenvalue weighted by Crippen LogP contribution is 2.19. The topological polar surface area (TPSA) is 77.3 Å². The number of methoxy groups -OCH3 is 1. The zero-order chi connectivity index (χ0) is 14.0. The van der Waals surface area contributed by atoms with Crippen LogP contribution in [0.5, 0.6) is 0 Å². The number of aromatic nitrogens is 3. The van der Waals surface area contributed by atoms with Crippen LogP contribution in [0, 0.1) is 0 Å². The third kappa shape index (κ3) is 2.59. The molecule has 104 valence electrons. The zero-order valence-corrected chi connectivity index (χ0v) is 11.4. The van der Waals surface area contributed by atoms with Gasteiger partial charge in [-0.05, 0) is 12.3 Å². The summed E-state index contributed by atoms with van der Waals surface area (Å²) >= 11 is 0. The quantitative estimate of drug-likeness (QED) is 0.738. The molecule has 1 saturated heterocycles. The molecule has 1 amide bonds. The van der Waals surface area contributed by atoms with Crippen molar-refractivity contribution >= 4 is 11.9 Å². The van der Waals surface area contributed by atoms with Gasteiger partial charge in [0, 0.05) is 13.1 Å². The molecule has 7 nitrogen and oxygen atoms in total. The second-order valence-electron chi connectivity index (χ2n) is 4.86. The maximum Gasteiger partial charge on any atom is 0.360 e. The van der Waals surface area contributed by atoms with Crippen molar-refractivity contribution in [2.75, 3.05) is 20.2 Å². The number of carbonyl (C=O) groups excluding carboxylic acids is 2. The van der Waals surface area contributed by atoms with Gasteiger partial charge in [-0.15, -0.1) is 5.10 Å². The molecular formula is C12H18N4O3.